The molecule has 0 aliphatic heterocycles. The molecule has 1 aromatic carbocycles. The first-order chi connectivity index (χ1) is 5.65. The van der Waals surface area contributed by atoms with Gasteiger partial charge in [0.2, 0.25) is 0 Å². The average molecular weight is 168 g/mol. The van der Waals surface area contributed by atoms with Crippen LogP contribution in [0, 0.1) is 0 Å². The Balaban J connectivity index is 2.96. The first kappa shape index (κ1) is 8.83. The van der Waals surface area contributed by atoms with Crippen LogP contribution in [0.5, 0.6) is 5.75 Å². The van der Waals surface area contributed by atoms with Crippen LogP contribution >= 0.6 is 0 Å². The van der Waals surface area contributed by atoms with Crippen molar-refractivity contribution >= 4 is 5.69 Å². The topological polar surface area (TPSA) is 92.5 Å². The second kappa shape index (κ2) is 3.42. The number of benzene rings is 1. The molecular weight excluding hydrogens is 156 g/mol. The van der Waals surface area contributed by atoms with E-state index in [2.05, 4.69) is 0 Å². The van der Waals surface area contributed by atoms with Gasteiger partial charge in [-0.25, -0.2) is 0 Å². The highest BCUT2D eigenvalue weighted by molar-refractivity contribution is 5.53. The number of nitrogen functional groups attached to an aromatic ring is 1. The molecule has 0 aliphatic rings. The summed E-state index contributed by atoms with van der Waals surface area (Å²) >= 11 is 0. The third-order valence-electron chi connectivity index (χ3n) is 1.68. The largest absolute Gasteiger partial charge is 0.506 e. The molecule has 12 heavy (non-hydrogen) atoms. The highest BCUT2D eigenvalue weighted by Crippen LogP contribution is 2.23. The molecule has 0 spiro atoms. The zero-order valence-corrected chi connectivity index (χ0v) is 6.57. The maximum atomic E-state index is 9.18. The number of hydrogen-bond acceptors (Lipinski definition) is 4. The maximum Gasteiger partial charge on any atom is 0.138 e. The number of phenolic OH excluding ortho intramolecular Hbond substituents is 1. The number of hydrogen-bond donors (Lipinski definition) is 4. The Kier molecular flexibility index (Phi) is 2.52. The van der Waals surface area contributed by atoms with Crippen molar-refractivity contribution < 1.29 is 10.2 Å². The van der Waals surface area contributed by atoms with Crippen molar-refractivity contribution in [3.05, 3.63) is 23.8 Å². The zero-order chi connectivity index (χ0) is 9.14. The van der Waals surface area contributed by atoms with Crippen LogP contribution in [-0.4, -0.2) is 16.8 Å². The Bertz CT molecular complexity index is 276. The normalized spacial score (nSPS) is 12.8. The first-order valence-corrected chi connectivity index (χ1v) is 3.60. The molecule has 0 fully saturated rings. The first-order valence-electron chi connectivity index (χ1n) is 3.60. The van der Waals surface area contributed by atoms with Crippen LogP contribution in [0.2, 0.25) is 0 Å². The van der Waals surface area contributed by atoms with E-state index in [0.29, 0.717) is 11.3 Å². The minimum absolute atomic E-state index is 0.00333. The van der Waals surface area contributed by atoms with Crippen LogP contribution in [-0.2, 0) is 0 Å². The molecule has 0 heterocycles. The summed E-state index contributed by atoms with van der Waals surface area (Å²) in [5, 5.41) is 17.9. The standard InChI is InChI=1S/C8H12N2O2/c9-6-2-1-5(3-8(6)12)7(10)4-11/h1-3,7,11-12H,4,9-10H2/t7-/m0/s1. The summed E-state index contributed by atoms with van der Waals surface area (Å²) in [5.74, 6) is -0.00333. The van der Waals surface area contributed by atoms with Crippen LogP contribution in [0.4, 0.5) is 5.69 Å². The van der Waals surface area contributed by atoms with Gasteiger partial charge in [-0.3, -0.25) is 0 Å². The number of anilines is 1. The quantitative estimate of drug-likeness (QED) is 0.368. The monoisotopic (exact) mass is 168 g/mol. The van der Waals surface area contributed by atoms with E-state index in [1.807, 2.05) is 0 Å². The van der Waals surface area contributed by atoms with E-state index < -0.39 is 6.04 Å². The molecule has 0 radical (unpaired) electrons. The van der Waals surface area contributed by atoms with Gasteiger partial charge >= 0.3 is 0 Å². The SMILES string of the molecule is Nc1ccc([C@@H](N)CO)cc1O. The number of rotatable bonds is 2. The van der Waals surface area contributed by atoms with Gasteiger partial charge in [0, 0.05) is 0 Å². The van der Waals surface area contributed by atoms with E-state index in [9.17, 15) is 5.11 Å². The number of nitrogens with two attached hydrogens (primary N) is 2. The number of aromatic hydroxyl groups is 1. The van der Waals surface area contributed by atoms with E-state index in [1.165, 1.54) is 6.07 Å². The third-order valence-corrected chi connectivity index (χ3v) is 1.68. The molecule has 6 N–H and O–H groups in total. The van der Waals surface area contributed by atoms with E-state index in [-0.39, 0.29) is 12.4 Å². The molecule has 0 unspecified atom stereocenters. The minimum atomic E-state index is -0.462. The van der Waals surface area contributed by atoms with Crippen molar-refractivity contribution in [1.29, 1.82) is 0 Å². The lowest BCUT2D eigenvalue weighted by atomic mass is 10.1. The summed E-state index contributed by atoms with van der Waals surface area (Å²) < 4.78 is 0. The molecule has 0 amide bonds. The Morgan fingerprint density at radius 1 is 1.42 bits per heavy atom. The third kappa shape index (κ3) is 1.66. The lowest BCUT2D eigenvalue weighted by Crippen LogP contribution is -2.14. The Morgan fingerprint density at radius 3 is 2.58 bits per heavy atom. The van der Waals surface area contributed by atoms with Gasteiger partial charge in [-0.15, -0.1) is 0 Å². The summed E-state index contributed by atoms with van der Waals surface area (Å²) in [4.78, 5) is 0. The van der Waals surface area contributed by atoms with Crippen LogP contribution in [0.3, 0.4) is 0 Å². The molecule has 4 heteroatoms. The Labute approximate surface area is 70.4 Å². The van der Waals surface area contributed by atoms with Crippen LogP contribution < -0.4 is 11.5 Å². The van der Waals surface area contributed by atoms with E-state index in [0.717, 1.165) is 0 Å². The smallest absolute Gasteiger partial charge is 0.138 e. The van der Waals surface area contributed by atoms with Crippen LogP contribution in [0.1, 0.15) is 11.6 Å². The van der Waals surface area contributed by atoms with Crippen molar-refractivity contribution in [2.75, 3.05) is 12.3 Å². The summed E-state index contributed by atoms with van der Waals surface area (Å²) in [6.45, 7) is -0.149. The summed E-state index contributed by atoms with van der Waals surface area (Å²) in [6.07, 6.45) is 0. The van der Waals surface area contributed by atoms with Gasteiger partial charge in [-0.1, -0.05) is 6.07 Å². The molecule has 1 rings (SSSR count). The van der Waals surface area contributed by atoms with E-state index >= 15 is 0 Å². The fourth-order valence-corrected chi connectivity index (χ4v) is 0.897. The van der Waals surface area contributed by atoms with Crippen molar-refractivity contribution in [1.82, 2.24) is 0 Å². The van der Waals surface area contributed by atoms with E-state index in [4.69, 9.17) is 16.6 Å². The van der Waals surface area contributed by atoms with Gasteiger partial charge in [0.15, 0.2) is 0 Å². The molecule has 0 saturated heterocycles. The van der Waals surface area contributed by atoms with Gasteiger partial charge in [-0.05, 0) is 17.7 Å². The van der Waals surface area contributed by atoms with Gasteiger partial charge in [-0.2, -0.15) is 0 Å². The molecule has 1 aromatic rings. The van der Waals surface area contributed by atoms with Gasteiger partial charge in [0.05, 0.1) is 18.3 Å². The molecular formula is C8H12N2O2. The van der Waals surface area contributed by atoms with Crippen molar-refractivity contribution in [3.8, 4) is 5.75 Å². The van der Waals surface area contributed by atoms with Crippen molar-refractivity contribution in [2.24, 2.45) is 5.73 Å². The molecule has 0 aliphatic carbocycles. The predicted molar refractivity (Wildman–Crippen MR) is 46.5 cm³/mol. The molecule has 66 valence electrons. The molecule has 1 atom stereocenters. The molecule has 0 saturated carbocycles. The number of aliphatic hydroxyl groups excluding tert-OH is 1. The highest BCUT2D eigenvalue weighted by Gasteiger charge is 2.05. The summed E-state index contributed by atoms with van der Waals surface area (Å²) in [7, 11) is 0. The summed E-state index contributed by atoms with van der Waals surface area (Å²) in [5.41, 5.74) is 11.9. The Morgan fingerprint density at radius 2 is 2.08 bits per heavy atom. The lowest BCUT2D eigenvalue weighted by Gasteiger charge is -2.09. The minimum Gasteiger partial charge on any atom is -0.506 e. The average Bonchev–Trinajstić information content (AvgIpc) is 2.08. The zero-order valence-electron chi connectivity index (χ0n) is 6.57. The number of phenols is 1. The molecule has 0 bridgehead atoms. The van der Waals surface area contributed by atoms with Crippen molar-refractivity contribution in [2.45, 2.75) is 6.04 Å². The number of aliphatic hydroxyl groups is 1. The van der Waals surface area contributed by atoms with Gasteiger partial charge in [0.1, 0.15) is 5.75 Å². The lowest BCUT2D eigenvalue weighted by molar-refractivity contribution is 0.268. The summed E-state index contributed by atoms with van der Waals surface area (Å²) in [6, 6.07) is 4.23. The Hall–Kier alpha value is -1.26. The fraction of sp³-hybridized carbons (Fsp3) is 0.250. The fourth-order valence-electron chi connectivity index (χ4n) is 0.897. The van der Waals surface area contributed by atoms with E-state index in [1.54, 1.807) is 12.1 Å². The maximum absolute atomic E-state index is 9.18. The van der Waals surface area contributed by atoms with Crippen LogP contribution in [0.15, 0.2) is 18.2 Å². The second-order valence-corrected chi connectivity index (χ2v) is 2.61. The van der Waals surface area contributed by atoms with Crippen molar-refractivity contribution in [3.63, 3.8) is 0 Å². The predicted octanol–water partition coefficient (Wildman–Crippen LogP) is -0.0335. The molecule has 4 nitrogen and oxygen atoms in total. The van der Waals surface area contributed by atoms with Gasteiger partial charge < -0.3 is 21.7 Å². The second-order valence-electron chi connectivity index (χ2n) is 2.61. The van der Waals surface area contributed by atoms with Gasteiger partial charge in [0.25, 0.3) is 0 Å². The highest BCUT2D eigenvalue weighted by atomic mass is 16.3. The van der Waals surface area contributed by atoms with Crippen LogP contribution in [0.25, 0.3) is 0 Å². The molecule has 0 aromatic heterocycles.